The molecule has 0 aromatic rings. The number of aliphatic carboxylic acids is 3. The molecule has 0 unspecified atom stereocenters. The Bertz CT molecular complexity index is 233. The minimum absolute atomic E-state index is 0. The van der Waals surface area contributed by atoms with Crippen molar-refractivity contribution >= 4 is 17.9 Å². The molecule has 0 spiro atoms. The van der Waals surface area contributed by atoms with Crippen LogP contribution in [0.5, 0.6) is 0 Å². The normalized spacial score (nSPS) is 10.1. The molecule has 0 saturated heterocycles. The molecule has 7 nitrogen and oxygen atoms in total. The van der Waals surface area contributed by atoms with E-state index in [0.29, 0.717) is 0 Å². The summed E-state index contributed by atoms with van der Waals surface area (Å²) in [5, 5.41) is 38.9. The summed E-state index contributed by atoms with van der Waals surface area (Å²) < 4.78 is 0. The first-order chi connectivity index (χ1) is 5.78. The van der Waals surface area contributed by atoms with E-state index in [4.69, 9.17) is 5.11 Å². The molecule has 0 aliphatic carbocycles. The predicted molar refractivity (Wildman–Crippen MR) is 29.2 cm³/mol. The minimum Gasteiger partial charge on any atom is -0.550 e. The topological polar surface area (TPSA) is 141 Å². The van der Waals surface area contributed by atoms with Gasteiger partial charge in [0.2, 0.25) is 0 Å². The molecule has 0 aromatic heterocycles. The van der Waals surface area contributed by atoms with Crippen LogP contribution in [0.1, 0.15) is 12.8 Å². The zero-order valence-corrected chi connectivity index (χ0v) is 8.28. The van der Waals surface area contributed by atoms with Crippen LogP contribution in [0.15, 0.2) is 0 Å². The molecule has 14 heavy (non-hydrogen) atoms. The largest absolute Gasteiger partial charge is 3.00 e. The van der Waals surface area contributed by atoms with Gasteiger partial charge < -0.3 is 34.8 Å². The van der Waals surface area contributed by atoms with Gasteiger partial charge in [-0.1, -0.05) is 0 Å². The summed E-state index contributed by atoms with van der Waals surface area (Å²) in [5.41, 5.74) is -2.97. The number of rotatable bonds is 5. The van der Waals surface area contributed by atoms with Crippen LogP contribution in [0.3, 0.4) is 0 Å². The van der Waals surface area contributed by atoms with Gasteiger partial charge in [0.05, 0.1) is 5.97 Å². The van der Waals surface area contributed by atoms with Gasteiger partial charge in [-0.2, -0.15) is 0 Å². The number of hydrogen-bond donors (Lipinski definition) is 1. The summed E-state index contributed by atoms with van der Waals surface area (Å²) in [6.07, 6.45) is -2.72. The molecule has 1 N–H and O–H groups in total. The Morgan fingerprint density at radius 3 is 1.43 bits per heavy atom. The van der Waals surface area contributed by atoms with Gasteiger partial charge in [-0.3, -0.25) is 0 Å². The summed E-state index contributed by atoms with van der Waals surface area (Å²) in [5.74, 6) is -5.98. The second-order valence-corrected chi connectivity index (χ2v) is 2.42. The van der Waals surface area contributed by atoms with E-state index in [2.05, 4.69) is 0 Å². The van der Waals surface area contributed by atoms with Crippen LogP contribution < -0.4 is 15.3 Å². The van der Waals surface area contributed by atoms with E-state index in [1.54, 1.807) is 0 Å². The fourth-order valence-corrected chi connectivity index (χ4v) is 0.684. The van der Waals surface area contributed by atoms with Crippen LogP contribution in [-0.4, -0.2) is 28.6 Å². The van der Waals surface area contributed by atoms with E-state index < -0.39 is 36.4 Å². The molecule has 0 heterocycles. The minimum atomic E-state index is -2.97. The third-order valence-corrected chi connectivity index (χ3v) is 1.25. The molecule has 0 saturated carbocycles. The van der Waals surface area contributed by atoms with Crippen molar-refractivity contribution in [1.82, 2.24) is 0 Å². The second-order valence-electron chi connectivity index (χ2n) is 2.42. The Morgan fingerprint density at radius 2 is 1.29 bits per heavy atom. The van der Waals surface area contributed by atoms with E-state index in [0.717, 1.165) is 0 Å². The van der Waals surface area contributed by atoms with E-state index in [9.17, 15) is 29.7 Å². The Labute approximate surface area is 91.1 Å². The molecule has 0 atom stereocenters. The Balaban J connectivity index is 0. The predicted octanol–water partition coefficient (Wildman–Crippen LogP) is -5.26. The van der Waals surface area contributed by atoms with Gasteiger partial charge in [0.25, 0.3) is 0 Å². The average molecular weight is 292 g/mol. The summed E-state index contributed by atoms with van der Waals surface area (Å²) in [6.45, 7) is 0. The first-order valence-corrected chi connectivity index (χ1v) is 3.11. The number of carbonyl (C=O) groups is 3. The number of carbonyl (C=O) groups excluding carboxylic acids is 3. The number of aliphatic hydroxyl groups is 1. The van der Waals surface area contributed by atoms with Crippen LogP contribution >= 0.6 is 0 Å². The van der Waals surface area contributed by atoms with E-state index in [1.807, 2.05) is 0 Å². The standard InChI is InChI=1S/C6H8O7.Rh/c7-3(8)1-6(13,5(11)12)2-4(9)10;/h13H,1-2H2,(H,7,8)(H,9,10)(H,11,12);/q;+3/p-3. The van der Waals surface area contributed by atoms with Crippen molar-refractivity contribution in [2.24, 2.45) is 0 Å². The van der Waals surface area contributed by atoms with Crippen molar-refractivity contribution < 1.29 is 54.3 Å². The molecule has 80 valence electrons. The fraction of sp³-hybridized carbons (Fsp3) is 0.500. The van der Waals surface area contributed by atoms with Gasteiger partial charge in [0, 0.05) is 24.8 Å². The molecule has 0 bridgehead atoms. The first kappa shape index (κ1) is 15.5. The van der Waals surface area contributed by atoms with Crippen LogP contribution in [-0.2, 0) is 33.9 Å². The van der Waals surface area contributed by atoms with E-state index >= 15 is 0 Å². The summed E-state index contributed by atoms with van der Waals surface area (Å²) in [7, 11) is 0. The maximum Gasteiger partial charge on any atom is 3.00 e. The zero-order chi connectivity index (χ0) is 10.6. The smallest absolute Gasteiger partial charge is 0.550 e. The number of hydrogen-bond acceptors (Lipinski definition) is 7. The Hall–Kier alpha value is -1.01. The molecule has 0 fully saturated rings. The third-order valence-electron chi connectivity index (χ3n) is 1.25. The van der Waals surface area contributed by atoms with Crippen LogP contribution in [0.2, 0.25) is 0 Å². The van der Waals surface area contributed by atoms with Gasteiger partial charge in [-0.15, -0.1) is 0 Å². The Kier molecular flexibility index (Phi) is 6.26. The quantitative estimate of drug-likeness (QED) is 0.499. The SMILES string of the molecule is O=C([O-])CC(O)(CC(=O)[O-])C(=O)[O-].[Rh+3]. The van der Waals surface area contributed by atoms with Crippen LogP contribution in [0, 0.1) is 0 Å². The van der Waals surface area contributed by atoms with Crippen molar-refractivity contribution in [3.63, 3.8) is 0 Å². The summed E-state index contributed by atoms with van der Waals surface area (Å²) in [4.78, 5) is 30.0. The second kappa shape index (κ2) is 5.67. The van der Waals surface area contributed by atoms with Gasteiger partial charge in [0.15, 0.2) is 0 Å². The van der Waals surface area contributed by atoms with Crippen molar-refractivity contribution in [3.05, 3.63) is 0 Å². The number of carboxylic acid groups (broad SMARTS) is 3. The van der Waals surface area contributed by atoms with E-state index in [1.165, 1.54) is 0 Å². The molecular formula is C6H5O7Rh. The molecule has 0 amide bonds. The van der Waals surface area contributed by atoms with Gasteiger partial charge in [-0.05, 0) is 0 Å². The van der Waals surface area contributed by atoms with E-state index in [-0.39, 0.29) is 19.5 Å². The van der Waals surface area contributed by atoms with Gasteiger partial charge >= 0.3 is 19.5 Å². The van der Waals surface area contributed by atoms with Gasteiger partial charge in [0.1, 0.15) is 5.60 Å². The summed E-state index contributed by atoms with van der Waals surface area (Å²) >= 11 is 0. The molecule has 0 rings (SSSR count). The van der Waals surface area contributed by atoms with Gasteiger partial charge in [-0.25, -0.2) is 0 Å². The van der Waals surface area contributed by atoms with Crippen molar-refractivity contribution in [2.45, 2.75) is 18.4 Å². The molecule has 0 aromatic carbocycles. The molecule has 0 radical (unpaired) electrons. The average Bonchev–Trinajstić information content (AvgIpc) is 1.82. The van der Waals surface area contributed by atoms with Crippen molar-refractivity contribution in [2.75, 3.05) is 0 Å². The third kappa shape index (κ3) is 4.88. The molecule has 8 heteroatoms. The zero-order valence-electron chi connectivity index (χ0n) is 6.64. The van der Waals surface area contributed by atoms with Crippen LogP contribution in [0.4, 0.5) is 0 Å². The molecule has 0 aliphatic rings. The summed E-state index contributed by atoms with van der Waals surface area (Å²) in [6, 6.07) is 0. The Morgan fingerprint density at radius 1 is 1.00 bits per heavy atom. The first-order valence-electron chi connectivity index (χ1n) is 3.11. The maximum atomic E-state index is 10.1. The monoisotopic (exact) mass is 292 g/mol. The maximum absolute atomic E-state index is 10.1. The number of carboxylic acids is 3. The van der Waals surface area contributed by atoms with Crippen molar-refractivity contribution in [1.29, 1.82) is 0 Å². The van der Waals surface area contributed by atoms with Crippen molar-refractivity contribution in [3.8, 4) is 0 Å². The molecular weight excluding hydrogens is 287 g/mol. The van der Waals surface area contributed by atoms with Crippen LogP contribution in [0.25, 0.3) is 0 Å². The fourth-order valence-electron chi connectivity index (χ4n) is 0.684. The molecule has 0 aliphatic heterocycles.